The predicted molar refractivity (Wildman–Crippen MR) is 74.4 cm³/mol. The van der Waals surface area contributed by atoms with Crippen LogP contribution in [0.4, 0.5) is 10.8 Å². The Morgan fingerprint density at radius 3 is 2.58 bits per heavy atom. The molecule has 0 radical (unpaired) electrons. The summed E-state index contributed by atoms with van der Waals surface area (Å²) in [5.41, 5.74) is 1.06. The van der Waals surface area contributed by atoms with Crippen molar-refractivity contribution in [2.75, 3.05) is 5.32 Å². The second-order valence-corrected chi connectivity index (χ2v) is 5.14. The van der Waals surface area contributed by atoms with Crippen molar-refractivity contribution in [3.63, 3.8) is 0 Å². The summed E-state index contributed by atoms with van der Waals surface area (Å²) in [6.45, 7) is 4.66. The van der Waals surface area contributed by atoms with Gasteiger partial charge in [0.25, 0.3) is 5.69 Å². The van der Waals surface area contributed by atoms with Crippen LogP contribution < -0.4 is 5.32 Å². The summed E-state index contributed by atoms with van der Waals surface area (Å²) in [4.78, 5) is 14.5. The van der Waals surface area contributed by atoms with Crippen LogP contribution in [0.15, 0.2) is 24.3 Å². The van der Waals surface area contributed by atoms with E-state index >= 15 is 0 Å². The van der Waals surface area contributed by atoms with Crippen LogP contribution in [-0.2, 0) is 6.54 Å². The Bertz CT molecular complexity index is 565. The summed E-state index contributed by atoms with van der Waals surface area (Å²) in [7, 11) is 0. The summed E-state index contributed by atoms with van der Waals surface area (Å²) in [5.74, 6) is 1.14. The monoisotopic (exact) mass is 278 g/mol. The van der Waals surface area contributed by atoms with Crippen LogP contribution in [0.2, 0.25) is 0 Å². The number of benzene rings is 1. The van der Waals surface area contributed by atoms with E-state index in [0.717, 1.165) is 16.5 Å². The number of hydrogen-bond acceptors (Lipinski definition) is 6. The van der Waals surface area contributed by atoms with Crippen molar-refractivity contribution in [2.24, 2.45) is 0 Å². The number of nitrogens with zero attached hydrogens (tertiary/aromatic N) is 3. The van der Waals surface area contributed by atoms with Crippen LogP contribution >= 0.6 is 11.5 Å². The van der Waals surface area contributed by atoms with E-state index in [1.807, 2.05) is 13.8 Å². The number of nitro benzene ring substituents is 1. The molecule has 1 aromatic carbocycles. The van der Waals surface area contributed by atoms with Gasteiger partial charge in [-0.3, -0.25) is 10.1 Å². The quantitative estimate of drug-likeness (QED) is 0.671. The summed E-state index contributed by atoms with van der Waals surface area (Å²) < 4.78 is 4.24. The number of anilines is 1. The van der Waals surface area contributed by atoms with Crippen LogP contribution in [0.1, 0.15) is 31.2 Å². The lowest BCUT2D eigenvalue weighted by atomic mass is 10.2. The molecule has 0 fully saturated rings. The standard InChI is InChI=1S/C12H14N4O2S/c1-8(2)11-14-12(19-15-11)13-7-9-3-5-10(6-4-9)16(17)18/h3-6,8H,7H2,1-2H3,(H,13,14,15). The Morgan fingerprint density at radius 1 is 1.37 bits per heavy atom. The molecule has 0 unspecified atom stereocenters. The normalized spacial score (nSPS) is 10.7. The molecule has 0 saturated heterocycles. The van der Waals surface area contributed by atoms with Crippen LogP contribution in [0.5, 0.6) is 0 Å². The lowest BCUT2D eigenvalue weighted by Crippen LogP contribution is -1.99. The third kappa shape index (κ3) is 3.47. The van der Waals surface area contributed by atoms with Crippen LogP contribution in [0.25, 0.3) is 0 Å². The number of nitrogens with one attached hydrogen (secondary N) is 1. The molecule has 0 saturated carbocycles. The summed E-state index contributed by atoms with van der Waals surface area (Å²) in [6.07, 6.45) is 0. The molecule has 1 aromatic heterocycles. The zero-order chi connectivity index (χ0) is 13.8. The molecule has 2 rings (SSSR count). The highest BCUT2D eigenvalue weighted by Gasteiger charge is 2.08. The van der Waals surface area contributed by atoms with Crippen molar-refractivity contribution in [1.82, 2.24) is 9.36 Å². The van der Waals surface area contributed by atoms with Gasteiger partial charge in [-0.1, -0.05) is 26.0 Å². The summed E-state index contributed by atoms with van der Waals surface area (Å²) in [5, 5.41) is 14.5. The zero-order valence-electron chi connectivity index (χ0n) is 10.7. The largest absolute Gasteiger partial charge is 0.356 e. The maximum Gasteiger partial charge on any atom is 0.269 e. The van der Waals surface area contributed by atoms with Gasteiger partial charge in [-0.25, -0.2) is 4.98 Å². The Labute approximate surface area is 114 Å². The van der Waals surface area contributed by atoms with E-state index in [1.165, 1.54) is 23.7 Å². The van der Waals surface area contributed by atoms with E-state index in [4.69, 9.17) is 0 Å². The third-order valence-electron chi connectivity index (χ3n) is 2.55. The van der Waals surface area contributed by atoms with Crippen molar-refractivity contribution in [2.45, 2.75) is 26.3 Å². The molecular formula is C12H14N4O2S. The first-order chi connectivity index (χ1) is 9.06. The maximum atomic E-state index is 10.5. The summed E-state index contributed by atoms with van der Waals surface area (Å²) >= 11 is 1.32. The molecule has 7 heteroatoms. The van der Waals surface area contributed by atoms with E-state index in [9.17, 15) is 10.1 Å². The molecule has 0 bridgehead atoms. The fourth-order valence-electron chi connectivity index (χ4n) is 1.45. The highest BCUT2D eigenvalue weighted by Crippen LogP contribution is 2.18. The number of nitro groups is 1. The Morgan fingerprint density at radius 2 is 2.05 bits per heavy atom. The minimum atomic E-state index is -0.406. The maximum absolute atomic E-state index is 10.5. The first kappa shape index (κ1) is 13.4. The third-order valence-corrected chi connectivity index (χ3v) is 3.24. The molecule has 0 atom stereocenters. The van der Waals surface area contributed by atoms with E-state index < -0.39 is 4.92 Å². The fourth-order valence-corrected chi connectivity index (χ4v) is 2.16. The molecule has 0 amide bonds. The van der Waals surface area contributed by atoms with Gasteiger partial charge < -0.3 is 5.32 Å². The van der Waals surface area contributed by atoms with Gasteiger partial charge in [0, 0.05) is 36.1 Å². The van der Waals surface area contributed by atoms with Gasteiger partial charge in [0.1, 0.15) is 5.82 Å². The van der Waals surface area contributed by atoms with Gasteiger partial charge in [0.05, 0.1) is 4.92 Å². The zero-order valence-corrected chi connectivity index (χ0v) is 11.5. The van der Waals surface area contributed by atoms with Crippen molar-refractivity contribution in [3.05, 3.63) is 45.8 Å². The van der Waals surface area contributed by atoms with Crippen molar-refractivity contribution in [1.29, 1.82) is 0 Å². The molecule has 2 aromatic rings. The van der Waals surface area contributed by atoms with Crippen LogP contribution in [0, 0.1) is 10.1 Å². The number of aromatic nitrogens is 2. The molecule has 0 aliphatic rings. The molecule has 0 aliphatic carbocycles. The van der Waals surface area contributed by atoms with Crippen molar-refractivity contribution >= 4 is 22.4 Å². The second kappa shape index (κ2) is 5.75. The highest BCUT2D eigenvalue weighted by atomic mass is 32.1. The van der Waals surface area contributed by atoms with Gasteiger partial charge in [-0.15, -0.1) is 0 Å². The summed E-state index contributed by atoms with van der Waals surface area (Å²) in [6, 6.07) is 6.46. The van der Waals surface area contributed by atoms with Gasteiger partial charge in [0.15, 0.2) is 0 Å². The number of rotatable bonds is 5. The van der Waals surface area contributed by atoms with Crippen LogP contribution in [-0.4, -0.2) is 14.3 Å². The van der Waals surface area contributed by atoms with Gasteiger partial charge >= 0.3 is 0 Å². The molecule has 100 valence electrons. The topological polar surface area (TPSA) is 81.0 Å². The van der Waals surface area contributed by atoms with Crippen LogP contribution in [0.3, 0.4) is 0 Å². The van der Waals surface area contributed by atoms with Gasteiger partial charge in [0.2, 0.25) is 5.13 Å². The first-order valence-electron chi connectivity index (χ1n) is 5.87. The minimum absolute atomic E-state index is 0.0989. The van der Waals surface area contributed by atoms with Gasteiger partial charge in [-0.05, 0) is 5.56 Å². The molecule has 1 N–H and O–H groups in total. The average Bonchev–Trinajstić information content (AvgIpc) is 2.86. The number of hydrogen-bond donors (Lipinski definition) is 1. The fraction of sp³-hybridized carbons (Fsp3) is 0.333. The molecule has 19 heavy (non-hydrogen) atoms. The van der Waals surface area contributed by atoms with Crippen molar-refractivity contribution in [3.8, 4) is 0 Å². The van der Waals surface area contributed by atoms with Crippen molar-refractivity contribution < 1.29 is 4.92 Å². The van der Waals surface area contributed by atoms with Gasteiger partial charge in [-0.2, -0.15) is 4.37 Å². The first-order valence-corrected chi connectivity index (χ1v) is 6.64. The highest BCUT2D eigenvalue weighted by molar-refractivity contribution is 7.09. The Balaban J connectivity index is 1.96. The molecular weight excluding hydrogens is 264 g/mol. The smallest absolute Gasteiger partial charge is 0.269 e. The lowest BCUT2D eigenvalue weighted by Gasteiger charge is -2.02. The van der Waals surface area contributed by atoms with E-state index in [-0.39, 0.29) is 5.69 Å². The minimum Gasteiger partial charge on any atom is -0.356 e. The molecule has 1 heterocycles. The SMILES string of the molecule is CC(C)c1nsc(NCc2ccc([N+](=O)[O-])cc2)n1. The molecule has 6 nitrogen and oxygen atoms in total. The Hall–Kier alpha value is -2.02. The lowest BCUT2D eigenvalue weighted by molar-refractivity contribution is -0.384. The predicted octanol–water partition coefficient (Wildman–Crippen LogP) is 3.18. The average molecular weight is 278 g/mol. The van der Waals surface area contributed by atoms with E-state index in [1.54, 1.807) is 12.1 Å². The Kier molecular flexibility index (Phi) is 4.06. The number of non-ortho nitro benzene ring substituents is 1. The molecule has 0 aliphatic heterocycles. The van der Waals surface area contributed by atoms with E-state index in [2.05, 4.69) is 14.7 Å². The van der Waals surface area contributed by atoms with E-state index in [0.29, 0.717) is 12.5 Å². The molecule has 0 spiro atoms. The second-order valence-electron chi connectivity index (χ2n) is 4.39.